The molecule has 0 radical (unpaired) electrons. The van der Waals surface area contributed by atoms with Crippen molar-refractivity contribution in [3.63, 3.8) is 0 Å². The van der Waals surface area contributed by atoms with Gasteiger partial charge in [-0.25, -0.2) is 4.79 Å². The lowest BCUT2D eigenvalue weighted by Gasteiger charge is -2.46. The second kappa shape index (κ2) is 10.5. The highest BCUT2D eigenvalue weighted by molar-refractivity contribution is 5.89. The van der Waals surface area contributed by atoms with E-state index in [0.717, 1.165) is 32.1 Å². The van der Waals surface area contributed by atoms with Crippen molar-refractivity contribution in [1.29, 1.82) is 0 Å². The van der Waals surface area contributed by atoms with Crippen LogP contribution in [0.4, 0.5) is 0 Å². The Kier molecular flexibility index (Phi) is 8.18. The number of rotatable bonds is 9. The first kappa shape index (κ1) is 24.9. The number of hydrogen-bond acceptors (Lipinski definition) is 5. The van der Waals surface area contributed by atoms with Crippen LogP contribution in [0.5, 0.6) is 0 Å². The van der Waals surface area contributed by atoms with Crippen molar-refractivity contribution in [2.75, 3.05) is 13.9 Å². The second-order valence-corrected chi connectivity index (χ2v) is 10.4. The van der Waals surface area contributed by atoms with E-state index in [1.165, 1.54) is 0 Å². The van der Waals surface area contributed by atoms with E-state index >= 15 is 0 Å². The third-order valence-corrected chi connectivity index (χ3v) is 7.82. The van der Waals surface area contributed by atoms with Crippen LogP contribution in [-0.2, 0) is 14.2 Å². The van der Waals surface area contributed by atoms with Crippen LogP contribution in [0.3, 0.4) is 0 Å². The van der Waals surface area contributed by atoms with Gasteiger partial charge in [0.2, 0.25) is 0 Å². The largest absolute Gasteiger partial charge is 0.458 e. The van der Waals surface area contributed by atoms with Gasteiger partial charge in [-0.3, -0.25) is 0 Å². The van der Waals surface area contributed by atoms with Gasteiger partial charge in [-0.2, -0.15) is 0 Å². The van der Waals surface area contributed by atoms with Crippen LogP contribution in [-0.4, -0.2) is 42.8 Å². The molecule has 1 aromatic carbocycles. The molecule has 0 saturated heterocycles. The fourth-order valence-corrected chi connectivity index (χ4v) is 5.95. The van der Waals surface area contributed by atoms with Crippen LogP contribution >= 0.6 is 0 Å². The van der Waals surface area contributed by atoms with Gasteiger partial charge in [-0.05, 0) is 75.3 Å². The van der Waals surface area contributed by atoms with Crippen molar-refractivity contribution in [2.45, 2.75) is 77.6 Å². The molecule has 2 aliphatic carbocycles. The Labute approximate surface area is 193 Å². The Morgan fingerprint density at radius 3 is 2.66 bits per heavy atom. The maximum Gasteiger partial charge on any atom is 0.338 e. The summed E-state index contributed by atoms with van der Waals surface area (Å²) in [6.45, 7) is 8.63. The molecule has 0 amide bonds. The van der Waals surface area contributed by atoms with E-state index in [4.69, 9.17) is 14.2 Å². The van der Waals surface area contributed by atoms with Crippen molar-refractivity contribution in [1.82, 2.24) is 0 Å². The molecule has 2 fully saturated rings. The third kappa shape index (κ3) is 5.62. The van der Waals surface area contributed by atoms with E-state index in [1.54, 1.807) is 7.11 Å². The van der Waals surface area contributed by atoms with Crippen molar-refractivity contribution >= 4 is 5.97 Å². The molecule has 2 saturated carbocycles. The zero-order valence-electron chi connectivity index (χ0n) is 20.3. The molecule has 2 unspecified atom stereocenters. The lowest BCUT2D eigenvalue weighted by Crippen LogP contribution is -2.44. The summed E-state index contributed by atoms with van der Waals surface area (Å²) in [5, 5.41) is 11.0. The molecule has 2 aliphatic rings. The van der Waals surface area contributed by atoms with Gasteiger partial charge >= 0.3 is 5.97 Å². The Morgan fingerprint density at radius 1 is 1.25 bits per heavy atom. The van der Waals surface area contributed by atoms with Gasteiger partial charge in [0.05, 0.1) is 17.3 Å². The Bertz CT molecular complexity index is 774. The maximum atomic E-state index is 12.7. The number of carbonyl (C=O) groups excluding carboxylic acids is 1. The first-order valence-corrected chi connectivity index (χ1v) is 11.9. The molecular weight excluding hydrogens is 404 g/mol. The molecule has 178 valence electrons. The Balaban J connectivity index is 1.66. The molecule has 6 atom stereocenters. The average molecular weight is 445 g/mol. The molecule has 0 spiro atoms. The van der Waals surface area contributed by atoms with Crippen molar-refractivity contribution in [2.24, 2.45) is 23.2 Å². The van der Waals surface area contributed by atoms with Crippen molar-refractivity contribution in [3.05, 3.63) is 48.0 Å². The summed E-state index contributed by atoms with van der Waals surface area (Å²) in [6, 6.07) is 9.26. The number of methoxy groups -OCH3 is 1. The summed E-state index contributed by atoms with van der Waals surface area (Å²) in [5.41, 5.74) is 0.179. The third-order valence-electron chi connectivity index (χ3n) is 7.82. The molecular formula is C27H40O5. The molecule has 0 aromatic heterocycles. The zero-order valence-corrected chi connectivity index (χ0v) is 20.3. The van der Waals surface area contributed by atoms with E-state index in [0.29, 0.717) is 17.4 Å². The minimum Gasteiger partial charge on any atom is -0.458 e. The van der Waals surface area contributed by atoms with Gasteiger partial charge in [0.1, 0.15) is 12.9 Å². The zero-order chi connectivity index (χ0) is 23.4. The van der Waals surface area contributed by atoms with Crippen LogP contribution in [0, 0.1) is 23.2 Å². The van der Waals surface area contributed by atoms with Gasteiger partial charge in [0.15, 0.2) is 0 Å². The highest BCUT2D eigenvalue weighted by Gasteiger charge is 2.54. The highest BCUT2D eigenvalue weighted by Crippen LogP contribution is 2.58. The molecule has 1 N–H and O–H groups in total. The number of fused-ring (bicyclic) bond motifs is 1. The van der Waals surface area contributed by atoms with E-state index in [2.05, 4.69) is 13.8 Å². The summed E-state index contributed by atoms with van der Waals surface area (Å²) in [5.74, 6) is 0.614. The quantitative estimate of drug-likeness (QED) is 0.315. The first-order chi connectivity index (χ1) is 15.2. The minimum atomic E-state index is -0.548. The maximum absolute atomic E-state index is 12.7. The monoisotopic (exact) mass is 444 g/mol. The molecule has 0 bridgehead atoms. The minimum absolute atomic E-state index is 0.0484. The number of aliphatic hydroxyl groups is 1. The summed E-state index contributed by atoms with van der Waals surface area (Å²) in [7, 11) is 1.60. The predicted octanol–water partition coefficient (Wildman–Crippen LogP) is 5.38. The summed E-state index contributed by atoms with van der Waals surface area (Å²) in [6.07, 6.45) is 8.37. The second-order valence-electron chi connectivity index (χ2n) is 10.4. The smallest absolute Gasteiger partial charge is 0.338 e. The van der Waals surface area contributed by atoms with E-state index in [-0.39, 0.29) is 30.2 Å². The van der Waals surface area contributed by atoms with Crippen molar-refractivity contribution in [3.8, 4) is 0 Å². The summed E-state index contributed by atoms with van der Waals surface area (Å²) < 4.78 is 16.7. The van der Waals surface area contributed by atoms with Gasteiger partial charge < -0.3 is 19.3 Å². The molecule has 3 rings (SSSR count). The van der Waals surface area contributed by atoms with E-state index in [9.17, 15) is 9.90 Å². The SMILES string of the molecule is COCOC(C)(C)/C=C\[C@@H](O)[C@H](C)C1CCC2[C@H](OC(=O)c3ccccc3)CCC[C@@]12C. The van der Waals surface area contributed by atoms with E-state index < -0.39 is 11.7 Å². The summed E-state index contributed by atoms with van der Waals surface area (Å²) in [4.78, 5) is 12.7. The van der Waals surface area contributed by atoms with Crippen LogP contribution in [0.15, 0.2) is 42.5 Å². The van der Waals surface area contributed by atoms with Crippen molar-refractivity contribution < 1.29 is 24.1 Å². The lowest BCUT2D eigenvalue weighted by atomic mass is 9.61. The van der Waals surface area contributed by atoms with Crippen LogP contribution < -0.4 is 0 Å². The average Bonchev–Trinajstić information content (AvgIpc) is 3.14. The van der Waals surface area contributed by atoms with Gasteiger partial charge in [0, 0.05) is 13.0 Å². The van der Waals surface area contributed by atoms with Gasteiger partial charge in [-0.1, -0.05) is 44.2 Å². The summed E-state index contributed by atoms with van der Waals surface area (Å²) >= 11 is 0. The first-order valence-electron chi connectivity index (χ1n) is 11.9. The molecule has 0 aliphatic heterocycles. The number of carbonyl (C=O) groups is 1. The normalized spacial score (nSPS) is 30.1. The standard InChI is InChI=1S/C27H40O5/c1-19(23(28)15-17-26(2,3)31-18-30-5)21-13-14-22-24(12-9-16-27(21,22)4)32-25(29)20-10-7-6-8-11-20/h6-8,10-11,15,17,19,21-24,28H,9,12-14,16,18H2,1-5H3/b17-15-/t19-,21?,22?,23-,24-,27+/m1/s1. The number of ether oxygens (including phenoxy) is 3. The Morgan fingerprint density at radius 2 is 1.97 bits per heavy atom. The fourth-order valence-electron chi connectivity index (χ4n) is 5.95. The predicted molar refractivity (Wildman–Crippen MR) is 125 cm³/mol. The van der Waals surface area contributed by atoms with Gasteiger partial charge in [-0.15, -0.1) is 0 Å². The molecule has 0 heterocycles. The van der Waals surface area contributed by atoms with Gasteiger partial charge in [0.25, 0.3) is 0 Å². The Hall–Kier alpha value is -1.69. The van der Waals surface area contributed by atoms with Crippen LogP contribution in [0.1, 0.15) is 70.2 Å². The topological polar surface area (TPSA) is 65.0 Å². The van der Waals surface area contributed by atoms with E-state index in [1.807, 2.05) is 56.3 Å². The number of aliphatic hydroxyl groups excluding tert-OH is 1. The molecule has 32 heavy (non-hydrogen) atoms. The fraction of sp³-hybridized carbons (Fsp3) is 0.667. The highest BCUT2D eigenvalue weighted by atomic mass is 16.7. The lowest BCUT2D eigenvalue weighted by molar-refractivity contribution is -0.0924. The molecule has 1 aromatic rings. The molecule has 5 nitrogen and oxygen atoms in total. The molecule has 5 heteroatoms. The number of esters is 1. The number of hydrogen-bond donors (Lipinski definition) is 1. The van der Waals surface area contributed by atoms with Crippen LogP contribution in [0.25, 0.3) is 0 Å². The van der Waals surface area contributed by atoms with Crippen LogP contribution in [0.2, 0.25) is 0 Å². The number of benzene rings is 1.